The van der Waals surface area contributed by atoms with E-state index in [2.05, 4.69) is 4.90 Å². The minimum atomic E-state index is -1.52. The normalized spacial score (nSPS) is 19.1. The van der Waals surface area contributed by atoms with E-state index >= 15 is 0 Å². The summed E-state index contributed by atoms with van der Waals surface area (Å²) in [5.74, 6) is -5.79. The van der Waals surface area contributed by atoms with Crippen molar-refractivity contribution in [3.63, 3.8) is 0 Å². The minimum absolute atomic E-state index is 0.175. The highest BCUT2D eigenvalue weighted by Crippen LogP contribution is 2.46. The summed E-state index contributed by atoms with van der Waals surface area (Å²) in [5, 5.41) is 37.3. The number of rotatable bonds is 6. The van der Waals surface area contributed by atoms with Gasteiger partial charge in [0.15, 0.2) is 11.8 Å². The van der Waals surface area contributed by atoms with E-state index in [1.807, 2.05) is 30.3 Å². The molecule has 0 amide bonds. The Morgan fingerprint density at radius 1 is 1.04 bits per heavy atom. The summed E-state index contributed by atoms with van der Waals surface area (Å²) in [6.45, 7) is 1.53. The molecule has 1 aromatic carbocycles. The number of carbonyl (C=O) groups is 2. The molecular weight excluding hydrogens is 322 g/mol. The first-order chi connectivity index (χ1) is 11.9. The molecule has 2 atom stereocenters. The second-order valence-electron chi connectivity index (χ2n) is 6.30. The summed E-state index contributed by atoms with van der Waals surface area (Å²) in [4.78, 5) is 25.1. The van der Waals surface area contributed by atoms with Crippen LogP contribution in [-0.2, 0) is 16.1 Å². The first-order valence-corrected chi connectivity index (χ1v) is 7.95. The van der Waals surface area contributed by atoms with Crippen molar-refractivity contribution in [2.45, 2.75) is 19.4 Å². The van der Waals surface area contributed by atoms with Crippen LogP contribution in [0.2, 0.25) is 0 Å². The summed E-state index contributed by atoms with van der Waals surface area (Å²) < 4.78 is 0. The predicted molar refractivity (Wildman–Crippen MR) is 86.9 cm³/mol. The molecule has 1 heterocycles. The van der Waals surface area contributed by atoms with Gasteiger partial charge in [-0.25, -0.2) is 0 Å². The number of hydrogen-bond donors (Lipinski definition) is 2. The lowest BCUT2D eigenvalue weighted by atomic mass is 9.61. The third-order valence-corrected chi connectivity index (χ3v) is 4.94. The van der Waals surface area contributed by atoms with Gasteiger partial charge in [0.25, 0.3) is 0 Å². The van der Waals surface area contributed by atoms with E-state index in [4.69, 9.17) is 0 Å². The molecule has 1 aliphatic rings. The number of aliphatic carboxylic acids is 2. The van der Waals surface area contributed by atoms with Crippen LogP contribution in [0.1, 0.15) is 18.4 Å². The van der Waals surface area contributed by atoms with Crippen LogP contribution in [0, 0.1) is 39.9 Å². The van der Waals surface area contributed by atoms with E-state index < -0.39 is 29.2 Å². The average Bonchev–Trinajstić information content (AvgIpc) is 2.58. The summed E-state index contributed by atoms with van der Waals surface area (Å²) >= 11 is 0. The van der Waals surface area contributed by atoms with Gasteiger partial charge >= 0.3 is 11.9 Å². The Kier molecular flexibility index (Phi) is 5.74. The third kappa shape index (κ3) is 3.78. The number of likely N-dealkylation sites (tertiary alicyclic amines) is 1. The highest BCUT2D eigenvalue weighted by Gasteiger charge is 2.54. The molecule has 1 fully saturated rings. The number of piperidine rings is 1. The molecule has 0 spiro atoms. The van der Waals surface area contributed by atoms with Crippen molar-refractivity contribution in [3.05, 3.63) is 35.9 Å². The molecule has 1 aliphatic heterocycles. The fraction of sp³-hybridized carbons (Fsp3) is 0.444. The van der Waals surface area contributed by atoms with E-state index in [0.29, 0.717) is 19.6 Å². The molecule has 7 heteroatoms. The fourth-order valence-electron chi connectivity index (χ4n) is 3.57. The minimum Gasteiger partial charge on any atom is -0.480 e. The Labute approximate surface area is 145 Å². The molecule has 7 nitrogen and oxygen atoms in total. The molecular formula is C18H19N3O4. The van der Waals surface area contributed by atoms with Gasteiger partial charge in [-0.15, -0.1) is 0 Å². The Balaban J connectivity index is 2.23. The fourth-order valence-corrected chi connectivity index (χ4v) is 3.57. The topological polar surface area (TPSA) is 125 Å². The molecule has 0 radical (unpaired) electrons. The van der Waals surface area contributed by atoms with Gasteiger partial charge in [-0.1, -0.05) is 30.3 Å². The van der Waals surface area contributed by atoms with Gasteiger partial charge < -0.3 is 10.2 Å². The first-order valence-electron chi connectivity index (χ1n) is 7.95. The number of carboxylic acids is 2. The van der Waals surface area contributed by atoms with Crippen molar-refractivity contribution >= 4 is 11.9 Å². The SMILES string of the molecule is N#C[C@H](C(=O)O)C1([C@@H](C#N)C(=O)O)CCN(Cc2ccccc2)CC1. The maximum absolute atomic E-state index is 11.5. The van der Waals surface area contributed by atoms with Crippen molar-refractivity contribution in [3.8, 4) is 12.1 Å². The lowest BCUT2D eigenvalue weighted by Gasteiger charge is -2.44. The average molecular weight is 341 g/mol. The zero-order chi connectivity index (χ0) is 18.4. The molecule has 2 rings (SSSR count). The van der Waals surface area contributed by atoms with E-state index in [9.17, 15) is 30.3 Å². The van der Waals surface area contributed by atoms with Gasteiger partial charge in [-0.05, 0) is 31.5 Å². The van der Waals surface area contributed by atoms with Crippen LogP contribution in [0.5, 0.6) is 0 Å². The Hall–Kier alpha value is -2.90. The Bertz CT molecular complexity index is 678. The van der Waals surface area contributed by atoms with Crippen molar-refractivity contribution in [1.29, 1.82) is 10.5 Å². The number of nitriles is 2. The van der Waals surface area contributed by atoms with E-state index in [0.717, 1.165) is 5.56 Å². The van der Waals surface area contributed by atoms with Crippen molar-refractivity contribution in [2.24, 2.45) is 17.3 Å². The summed E-state index contributed by atoms with van der Waals surface area (Å²) in [6.07, 6.45) is 0.351. The van der Waals surface area contributed by atoms with Crippen LogP contribution in [0.4, 0.5) is 0 Å². The van der Waals surface area contributed by atoms with Crippen molar-refractivity contribution in [2.75, 3.05) is 13.1 Å². The number of nitrogens with zero attached hydrogens (tertiary/aromatic N) is 3. The van der Waals surface area contributed by atoms with Gasteiger partial charge in [0, 0.05) is 12.0 Å². The molecule has 0 aromatic heterocycles. The highest BCUT2D eigenvalue weighted by atomic mass is 16.4. The lowest BCUT2D eigenvalue weighted by Crippen LogP contribution is -2.51. The second kappa shape index (κ2) is 7.78. The van der Waals surface area contributed by atoms with Crippen molar-refractivity contribution < 1.29 is 19.8 Å². The van der Waals surface area contributed by atoms with Gasteiger partial charge in [-0.2, -0.15) is 10.5 Å². The van der Waals surface area contributed by atoms with Crippen LogP contribution in [-0.4, -0.2) is 40.1 Å². The highest BCUT2D eigenvalue weighted by molar-refractivity contribution is 5.79. The number of carboxylic acid groups (broad SMARTS) is 2. The molecule has 25 heavy (non-hydrogen) atoms. The zero-order valence-electron chi connectivity index (χ0n) is 13.6. The van der Waals surface area contributed by atoms with Crippen LogP contribution in [0.25, 0.3) is 0 Å². The van der Waals surface area contributed by atoms with Crippen LogP contribution in [0.3, 0.4) is 0 Å². The first kappa shape index (κ1) is 18.4. The number of hydrogen-bond acceptors (Lipinski definition) is 5. The van der Waals surface area contributed by atoms with Gasteiger partial charge in [0.05, 0.1) is 12.1 Å². The maximum Gasteiger partial charge on any atom is 0.321 e. The molecule has 2 N–H and O–H groups in total. The monoisotopic (exact) mass is 341 g/mol. The second-order valence-corrected chi connectivity index (χ2v) is 6.30. The van der Waals surface area contributed by atoms with E-state index in [1.165, 1.54) is 0 Å². The quantitative estimate of drug-likeness (QED) is 0.806. The van der Waals surface area contributed by atoms with Crippen molar-refractivity contribution in [1.82, 2.24) is 4.90 Å². The predicted octanol–water partition coefficient (Wildman–Crippen LogP) is 1.72. The molecule has 0 aliphatic carbocycles. The molecule has 0 saturated carbocycles. The molecule has 1 aromatic rings. The van der Waals surface area contributed by atoms with Gasteiger partial charge in [0.2, 0.25) is 0 Å². The smallest absolute Gasteiger partial charge is 0.321 e. The van der Waals surface area contributed by atoms with E-state index in [-0.39, 0.29) is 12.8 Å². The third-order valence-electron chi connectivity index (χ3n) is 4.94. The Morgan fingerprint density at radius 2 is 1.52 bits per heavy atom. The molecule has 0 bridgehead atoms. The van der Waals surface area contributed by atoms with Crippen LogP contribution >= 0.6 is 0 Å². The summed E-state index contributed by atoms with van der Waals surface area (Å²) in [5.41, 5.74) is -0.283. The Morgan fingerprint density at radius 3 is 1.92 bits per heavy atom. The summed E-state index contributed by atoms with van der Waals surface area (Å²) in [6, 6.07) is 13.2. The molecule has 130 valence electrons. The largest absolute Gasteiger partial charge is 0.480 e. The molecule has 1 saturated heterocycles. The standard InChI is InChI=1S/C18H19N3O4/c19-10-14(16(22)23)18(15(11-20)17(24)25)6-8-21(9-7-18)12-13-4-2-1-3-5-13/h1-5,14-15H,6-9,12H2,(H,22,23)(H,24,25)/t14-,15+. The van der Waals surface area contributed by atoms with E-state index in [1.54, 1.807) is 12.1 Å². The maximum atomic E-state index is 11.5. The summed E-state index contributed by atoms with van der Waals surface area (Å²) in [7, 11) is 0. The lowest BCUT2D eigenvalue weighted by molar-refractivity contribution is -0.153. The number of benzene rings is 1. The molecule has 0 unspecified atom stereocenters. The van der Waals surface area contributed by atoms with Gasteiger partial charge in [-0.3, -0.25) is 14.5 Å². The zero-order valence-corrected chi connectivity index (χ0v) is 13.6. The van der Waals surface area contributed by atoms with Crippen LogP contribution < -0.4 is 0 Å². The van der Waals surface area contributed by atoms with Crippen LogP contribution in [0.15, 0.2) is 30.3 Å². The van der Waals surface area contributed by atoms with Gasteiger partial charge in [0.1, 0.15) is 0 Å².